The first kappa shape index (κ1) is 13.0. The van der Waals surface area contributed by atoms with E-state index < -0.39 is 18.0 Å². The van der Waals surface area contributed by atoms with Crippen LogP contribution < -0.4 is 5.73 Å². The number of carbonyl (C=O) groups excluding carboxylic acids is 1. The number of halogens is 3. The summed E-state index contributed by atoms with van der Waals surface area (Å²) >= 11 is 0. The van der Waals surface area contributed by atoms with E-state index in [4.69, 9.17) is 5.73 Å². The van der Waals surface area contributed by atoms with Crippen molar-refractivity contribution in [1.82, 2.24) is 19.7 Å². The Morgan fingerprint density at radius 3 is 2.84 bits per heavy atom. The SMILES string of the molecule is NC(C#Cn1ncc2cncnc21)C(=O)C(F)(F)F. The van der Waals surface area contributed by atoms with Gasteiger partial charge in [0.2, 0.25) is 0 Å². The Morgan fingerprint density at radius 1 is 1.42 bits per heavy atom. The van der Waals surface area contributed by atoms with E-state index in [9.17, 15) is 18.0 Å². The number of hydrogen-bond acceptors (Lipinski definition) is 5. The van der Waals surface area contributed by atoms with Gasteiger partial charge in [-0.25, -0.2) is 9.97 Å². The predicted octanol–water partition coefficient (Wildman–Crippen LogP) is 0.0940. The van der Waals surface area contributed by atoms with Gasteiger partial charge in [-0.2, -0.15) is 23.0 Å². The Hall–Kier alpha value is -2.47. The lowest BCUT2D eigenvalue weighted by atomic mass is 10.2. The molecule has 0 aliphatic rings. The van der Waals surface area contributed by atoms with E-state index in [2.05, 4.69) is 21.1 Å². The standard InChI is InChI=1S/C10H6F3N5O/c11-10(12,13)8(19)7(14)1-2-18-9-6(4-17-18)3-15-5-16-9/h3-5,7H,14H2. The molecule has 19 heavy (non-hydrogen) atoms. The summed E-state index contributed by atoms with van der Waals surface area (Å²) in [6.45, 7) is 0. The minimum absolute atomic E-state index is 0.314. The Bertz CT molecular complexity index is 682. The summed E-state index contributed by atoms with van der Waals surface area (Å²) in [6, 6.07) is 0.283. The highest BCUT2D eigenvalue weighted by Gasteiger charge is 2.41. The summed E-state index contributed by atoms with van der Waals surface area (Å²) in [5, 5.41) is 4.34. The lowest BCUT2D eigenvalue weighted by Crippen LogP contribution is -2.39. The molecule has 1 atom stereocenters. The van der Waals surface area contributed by atoms with Crippen molar-refractivity contribution in [3.8, 4) is 12.0 Å². The van der Waals surface area contributed by atoms with Gasteiger partial charge in [0.15, 0.2) is 5.65 Å². The molecule has 0 bridgehead atoms. The molecule has 0 saturated carbocycles. The maximum absolute atomic E-state index is 12.1. The fourth-order valence-electron chi connectivity index (χ4n) is 1.23. The van der Waals surface area contributed by atoms with Crippen LogP contribution in [0, 0.1) is 12.0 Å². The smallest absolute Gasteiger partial charge is 0.311 e. The molecule has 0 aliphatic carbocycles. The van der Waals surface area contributed by atoms with Gasteiger partial charge in [0.05, 0.1) is 11.6 Å². The zero-order valence-electron chi connectivity index (χ0n) is 9.22. The molecule has 0 amide bonds. The van der Waals surface area contributed by atoms with Crippen molar-refractivity contribution in [3.63, 3.8) is 0 Å². The van der Waals surface area contributed by atoms with Gasteiger partial charge in [-0.3, -0.25) is 4.79 Å². The normalized spacial score (nSPS) is 12.8. The molecule has 9 heteroatoms. The van der Waals surface area contributed by atoms with E-state index in [1.54, 1.807) is 0 Å². The third-order valence-corrected chi connectivity index (χ3v) is 2.12. The number of ketones is 1. The Kier molecular flexibility index (Phi) is 3.18. The van der Waals surface area contributed by atoms with Crippen molar-refractivity contribution in [2.75, 3.05) is 0 Å². The average Bonchev–Trinajstić information content (AvgIpc) is 2.77. The van der Waals surface area contributed by atoms with Crippen LogP contribution >= 0.6 is 0 Å². The van der Waals surface area contributed by atoms with E-state index in [0.717, 1.165) is 4.68 Å². The van der Waals surface area contributed by atoms with Gasteiger partial charge in [0, 0.05) is 12.2 Å². The third-order valence-electron chi connectivity index (χ3n) is 2.12. The molecule has 2 rings (SSSR count). The van der Waals surface area contributed by atoms with Crippen LogP contribution in [-0.2, 0) is 4.79 Å². The molecule has 0 saturated heterocycles. The zero-order valence-corrected chi connectivity index (χ0v) is 9.22. The number of rotatable bonds is 1. The lowest BCUT2D eigenvalue weighted by Gasteiger charge is -2.06. The van der Waals surface area contributed by atoms with E-state index in [0.29, 0.717) is 11.0 Å². The summed E-state index contributed by atoms with van der Waals surface area (Å²) in [5.41, 5.74) is 5.36. The molecule has 2 heterocycles. The van der Waals surface area contributed by atoms with Gasteiger partial charge in [0.1, 0.15) is 12.4 Å². The van der Waals surface area contributed by atoms with Crippen molar-refractivity contribution in [1.29, 1.82) is 0 Å². The van der Waals surface area contributed by atoms with Crippen molar-refractivity contribution >= 4 is 16.8 Å². The summed E-state index contributed by atoms with van der Waals surface area (Å²) in [5.74, 6) is -0.124. The molecule has 2 N–H and O–H groups in total. The molecule has 0 radical (unpaired) electrons. The number of alkyl halides is 3. The largest absolute Gasteiger partial charge is 0.452 e. The first-order valence-electron chi connectivity index (χ1n) is 4.91. The number of fused-ring (bicyclic) bond motifs is 1. The van der Waals surface area contributed by atoms with Crippen LogP contribution in [0.2, 0.25) is 0 Å². The first-order valence-corrected chi connectivity index (χ1v) is 4.91. The second-order valence-corrected chi connectivity index (χ2v) is 3.45. The van der Waals surface area contributed by atoms with Crippen molar-refractivity contribution in [2.24, 2.45) is 5.73 Å². The number of nitrogens with two attached hydrogens (primary N) is 1. The highest BCUT2D eigenvalue weighted by molar-refractivity contribution is 5.91. The second-order valence-electron chi connectivity index (χ2n) is 3.45. The molecule has 2 aromatic heterocycles. The topological polar surface area (TPSA) is 86.7 Å². The van der Waals surface area contributed by atoms with E-state index in [-0.39, 0.29) is 0 Å². The van der Waals surface area contributed by atoms with Crippen molar-refractivity contribution in [3.05, 3.63) is 18.7 Å². The Balaban J connectivity index is 2.27. The van der Waals surface area contributed by atoms with Gasteiger partial charge in [-0.05, 0) is 0 Å². The number of Topliss-reactive ketones (excluding diaryl/α,β-unsaturated/α-hetero) is 1. The van der Waals surface area contributed by atoms with Gasteiger partial charge < -0.3 is 5.73 Å². The number of nitrogens with zero attached hydrogens (tertiary/aromatic N) is 4. The molecule has 98 valence electrons. The third kappa shape index (κ3) is 2.69. The lowest BCUT2D eigenvalue weighted by molar-refractivity contribution is -0.171. The maximum atomic E-state index is 12.1. The highest BCUT2D eigenvalue weighted by Crippen LogP contribution is 2.17. The second kappa shape index (κ2) is 4.66. The van der Waals surface area contributed by atoms with Crippen LogP contribution in [0.4, 0.5) is 13.2 Å². The van der Waals surface area contributed by atoms with Crippen molar-refractivity contribution in [2.45, 2.75) is 12.2 Å². The quantitative estimate of drug-likeness (QED) is 0.742. The number of aromatic nitrogens is 4. The predicted molar refractivity (Wildman–Crippen MR) is 57.5 cm³/mol. The Labute approximate surface area is 104 Å². The maximum Gasteiger partial charge on any atom is 0.452 e. The van der Waals surface area contributed by atoms with Crippen LogP contribution in [0.15, 0.2) is 18.7 Å². The zero-order chi connectivity index (χ0) is 14.0. The molecule has 0 spiro atoms. The van der Waals surface area contributed by atoms with Crippen LogP contribution in [-0.4, -0.2) is 37.7 Å². The van der Waals surface area contributed by atoms with Gasteiger partial charge in [0.25, 0.3) is 5.78 Å². The molecule has 0 fully saturated rings. The molecule has 0 aliphatic heterocycles. The number of carbonyl (C=O) groups is 1. The summed E-state index contributed by atoms with van der Waals surface area (Å²) < 4.78 is 37.3. The van der Waals surface area contributed by atoms with Crippen LogP contribution in [0.1, 0.15) is 0 Å². The van der Waals surface area contributed by atoms with Gasteiger partial charge in [-0.15, -0.1) is 0 Å². The van der Waals surface area contributed by atoms with Crippen LogP contribution in [0.3, 0.4) is 0 Å². The van der Waals surface area contributed by atoms with Crippen LogP contribution in [0.25, 0.3) is 11.0 Å². The van der Waals surface area contributed by atoms with E-state index in [1.807, 2.05) is 5.92 Å². The first-order chi connectivity index (χ1) is 8.89. The van der Waals surface area contributed by atoms with E-state index in [1.165, 1.54) is 18.7 Å². The minimum Gasteiger partial charge on any atom is -0.311 e. The molecule has 6 nitrogen and oxygen atoms in total. The van der Waals surface area contributed by atoms with Crippen LogP contribution in [0.5, 0.6) is 0 Å². The molecule has 2 aromatic rings. The molecule has 1 unspecified atom stereocenters. The van der Waals surface area contributed by atoms with Crippen molar-refractivity contribution < 1.29 is 18.0 Å². The monoisotopic (exact) mass is 269 g/mol. The molecular weight excluding hydrogens is 263 g/mol. The molecular formula is C10H6F3N5O. The summed E-state index contributed by atoms with van der Waals surface area (Å²) in [4.78, 5) is 18.4. The van der Waals surface area contributed by atoms with Gasteiger partial charge in [-0.1, -0.05) is 5.92 Å². The summed E-state index contributed by atoms with van der Waals surface area (Å²) in [6.07, 6.45) is -0.916. The Morgan fingerprint density at radius 2 is 2.16 bits per heavy atom. The highest BCUT2D eigenvalue weighted by atomic mass is 19.4. The number of hydrogen-bond donors (Lipinski definition) is 1. The molecule has 0 aromatic carbocycles. The van der Waals surface area contributed by atoms with E-state index >= 15 is 0 Å². The minimum atomic E-state index is -5.01. The fourth-order valence-corrected chi connectivity index (χ4v) is 1.23. The summed E-state index contributed by atoms with van der Waals surface area (Å²) in [7, 11) is 0. The fraction of sp³-hybridized carbons (Fsp3) is 0.200. The average molecular weight is 269 g/mol. The van der Waals surface area contributed by atoms with Gasteiger partial charge >= 0.3 is 6.18 Å².